The Kier molecular flexibility index (Phi) is 6.18. The van der Waals surface area contributed by atoms with Gasteiger partial charge in [0.05, 0.1) is 12.2 Å². The summed E-state index contributed by atoms with van der Waals surface area (Å²) >= 11 is 1.64. The average Bonchev–Trinajstić information content (AvgIpc) is 3.14. The molecule has 0 saturated heterocycles. The lowest BCUT2D eigenvalue weighted by Gasteiger charge is -2.19. The highest BCUT2D eigenvalue weighted by Crippen LogP contribution is 2.47. The van der Waals surface area contributed by atoms with Crippen LogP contribution in [0.1, 0.15) is 31.0 Å². The number of hydrogen-bond donors (Lipinski definition) is 2. The Balaban J connectivity index is 0.00000196. The van der Waals surface area contributed by atoms with Gasteiger partial charge in [0.25, 0.3) is 0 Å². The van der Waals surface area contributed by atoms with Crippen LogP contribution >= 0.6 is 35.3 Å². The van der Waals surface area contributed by atoms with Gasteiger partial charge in [-0.25, -0.2) is 9.98 Å². The van der Waals surface area contributed by atoms with Crippen molar-refractivity contribution >= 4 is 46.2 Å². The zero-order valence-corrected chi connectivity index (χ0v) is 18.0. The standard InChI is InChI=1S/C19H23N5S.HI/c1-2-20-17(21-12-16-13-24-10-11-25-18(24)23-16)22-14-19(8-9-19)15-6-4-3-5-7-15;/h3-7,10-11,13H,2,8-9,12,14H2,1H3,(H2,20,21,22);1H. The first-order valence-corrected chi connectivity index (χ1v) is 9.66. The van der Waals surface area contributed by atoms with Crippen LogP contribution in [0.15, 0.2) is 53.1 Å². The van der Waals surface area contributed by atoms with Gasteiger partial charge in [-0.15, -0.1) is 35.3 Å². The molecule has 2 heterocycles. The van der Waals surface area contributed by atoms with E-state index in [1.165, 1.54) is 18.4 Å². The number of imidazole rings is 1. The quantitative estimate of drug-likeness (QED) is 0.320. The number of aliphatic imine (C=N–C) groups is 1. The Morgan fingerprint density at radius 3 is 2.77 bits per heavy atom. The molecule has 0 radical (unpaired) electrons. The van der Waals surface area contributed by atoms with E-state index >= 15 is 0 Å². The molecule has 0 atom stereocenters. The number of nitrogens with one attached hydrogen (secondary N) is 2. The molecule has 3 aromatic rings. The first kappa shape index (κ1) is 19.2. The molecule has 1 aromatic carbocycles. The minimum Gasteiger partial charge on any atom is -0.357 e. The smallest absolute Gasteiger partial charge is 0.193 e. The molecule has 1 fully saturated rings. The van der Waals surface area contributed by atoms with Crippen molar-refractivity contribution in [1.82, 2.24) is 20.0 Å². The van der Waals surface area contributed by atoms with Crippen LogP contribution in [0.5, 0.6) is 0 Å². The topological polar surface area (TPSA) is 53.7 Å². The normalized spacial score (nSPS) is 15.5. The van der Waals surface area contributed by atoms with Gasteiger partial charge in [-0.3, -0.25) is 4.40 Å². The monoisotopic (exact) mass is 481 g/mol. The predicted molar refractivity (Wildman–Crippen MR) is 119 cm³/mol. The average molecular weight is 481 g/mol. The lowest BCUT2D eigenvalue weighted by Crippen LogP contribution is -2.41. The second-order valence-corrected chi connectivity index (χ2v) is 7.39. The number of fused-ring (bicyclic) bond motifs is 1. The van der Waals surface area contributed by atoms with Gasteiger partial charge in [-0.2, -0.15) is 0 Å². The summed E-state index contributed by atoms with van der Waals surface area (Å²) in [6.45, 7) is 4.44. The van der Waals surface area contributed by atoms with Gasteiger partial charge in [0.2, 0.25) is 0 Å². The van der Waals surface area contributed by atoms with Gasteiger partial charge < -0.3 is 10.6 Å². The number of thiazole rings is 1. The van der Waals surface area contributed by atoms with Crippen LogP contribution in [-0.4, -0.2) is 28.4 Å². The van der Waals surface area contributed by atoms with Gasteiger partial charge in [0.15, 0.2) is 10.9 Å². The van der Waals surface area contributed by atoms with E-state index in [9.17, 15) is 0 Å². The van der Waals surface area contributed by atoms with Crippen molar-refractivity contribution in [3.8, 4) is 0 Å². The highest BCUT2D eigenvalue weighted by molar-refractivity contribution is 14.0. The van der Waals surface area contributed by atoms with E-state index in [1.807, 2.05) is 22.2 Å². The van der Waals surface area contributed by atoms with Gasteiger partial charge in [0.1, 0.15) is 0 Å². The number of guanidine groups is 1. The van der Waals surface area contributed by atoms with E-state index in [0.29, 0.717) is 6.54 Å². The van der Waals surface area contributed by atoms with E-state index in [1.54, 1.807) is 11.3 Å². The molecule has 0 unspecified atom stereocenters. The summed E-state index contributed by atoms with van der Waals surface area (Å²) in [5, 5.41) is 8.91. The van der Waals surface area contributed by atoms with Crippen molar-refractivity contribution in [3.63, 3.8) is 0 Å². The maximum Gasteiger partial charge on any atom is 0.193 e. The van der Waals surface area contributed by atoms with Gasteiger partial charge >= 0.3 is 0 Å². The second-order valence-electron chi connectivity index (χ2n) is 6.52. The number of halogens is 1. The zero-order chi connectivity index (χ0) is 17.1. The van der Waals surface area contributed by atoms with Crippen LogP contribution in [0, 0.1) is 0 Å². The molecule has 5 nitrogen and oxygen atoms in total. The summed E-state index contributed by atoms with van der Waals surface area (Å²) < 4.78 is 2.05. The Labute approximate surface area is 175 Å². The lowest BCUT2D eigenvalue weighted by atomic mass is 9.96. The van der Waals surface area contributed by atoms with Crippen LogP contribution in [0.2, 0.25) is 0 Å². The largest absolute Gasteiger partial charge is 0.357 e. The van der Waals surface area contributed by atoms with Crippen molar-refractivity contribution in [3.05, 3.63) is 59.4 Å². The highest BCUT2D eigenvalue weighted by Gasteiger charge is 2.43. The summed E-state index contributed by atoms with van der Waals surface area (Å²) in [5.74, 6) is 0.862. The third kappa shape index (κ3) is 4.20. The molecule has 2 N–H and O–H groups in total. The maximum absolute atomic E-state index is 4.71. The predicted octanol–water partition coefficient (Wildman–Crippen LogP) is 3.80. The molecule has 1 saturated carbocycles. The molecule has 0 amide bonds. The first-order valence-electron chi connectivity index (χ1n) is 8.78. The fraction of sp³-hybridized carbons (Fsp3) is 0.368. The maximum atomic E-state index is 4.71. The van der Waals surface area contributed by atoms with Crippen molar-refractivity contribution in [2.45, 2.75) is 31.7 Å². The summed E-state index contributed by atoms with van der Waals surface area (Å²) in [6.07, 6.45) is 6.55. The molecule has 1 aliphatic carbocycles. The van der Waals surface area contributed by atoms with E-state index < -0.39 is 0 Å². The molecular formula is C19H24IN5S. The number of benzene rings is 1. The number of aromatic nitrogens is 2. The molecule has 4 rings (SSSR count). The Morgan fingerprint density at radius 2 is 2.08 bits per heavy atom. The highest BCUT2D eigenvalue weighted by atomic mass is 127. The summed E-state index contributed by atoms with van der Waals surface area (Å²) in [7, 11) is 0. The van der Waals surface area contributed by atoms with Crippen LogP contribution in [-0.2, 0) is 12.0 Å². The minimum absolute atomic E-state index is 0. The van der Waals surface area contributed by atoms with Crippen LogP contribution in [0.25, 0.3) is 4.96 Å². The van der Waals surface area contributed by atoms with Crippen molar-refractivity contribution in [2.24, 2.45) is 4.99 Å². The van der Waals surface area contributed by atoms with Crippen LogP contribution < -0.4 is 10.6 Å². The van der Waals surface area contributed by atoms with Crippen LogP contribution in [0.4, 0.5) is 0 Å². The molecule has 0 aliphatic heterocycles. The lowest BCUT2D eigenvalue weighted by molar-refractivity contribution is 0.646. The van der Waals surface area contributed by atoms with Gasteiger partial charge in [-0.1, -0.05) is 30.3 Å². The third-order valence-corrected chi connectivity index (χ3v) is 5.49. The van der Waals surface area contributed by atoms with Crippen LogP contribution in [0.3, 0.4) is 0 Å². The number of hydrogen-bond acceptors (Lipinski definition) is 3. The van der Waals surface area contributed by atoms with Crippen molar-refractivity contribution in [2.75, 3.05) is 13.1 Å². The Hall–Kier alpha value is -1.61. The summed E-state index contributed by atoms with van der Waals surface area (Å²) in [6, 6.07) is 10.8. The molecule has 138 valence electrons. The molecule has 7 heteroatoms. The molecule has 0 spiro atoms. The molecule has 26 heavy (non-hydrogen) atoms. The molecule has 2 aromatic heterocycles. The third-order valence-electron chi connectivity index (χ3n) is 4.72. The molecule has 1 aliphatic rings. The molecule has 0 bridgehead atoms. The second kappa shape index (κ2) is 8.39. The molecular weight excluding hydrogens is 457 g/mol. The summed E-state index contributed by atoms with van der Waals surface area (Å²) in [4.78, 5) is 10.3. The van der Waals surface area contributed by atoms with Crippen molar-refractivity contribution in [1.29, 1.82) is 0 Å². The number of nitrogens with zero attached hydrogens (tertiary/aromatic N) is 3. The Morgan fingerprint density at radius 1 is 1.27 bits per heavy atom. The number of rotatable bonds is 6. The van der Waals surface area contributed by atoms with Crippen molar-refractivity contribution < 1.29 is 0 Å². The van der Waals surface area contributed by atoms with E-state index in [0.717, 1.165) is 29.7 Å². The van der Waals surface area contributed by atoms with E-state index in [4.69, 9.17) is 4.99 Å². The van der Waals surface area contributed by atoms with E-state index in [-0.39, 0.29) is 29.4 Å². The zero-order valence-electron chi connectivity index (χ0n) is 14.8. The Bertz CT molecular complexity index is 838. The van der Waals surface area contributed by atoms with E-state index in [2.05, 4.69) is 52.9 Å². The fourth-order valence-electron chi connectivity index (χ4n) is 3.12. The summed E-state index contributed by atoms with van der Waals surface area (Å²) in [5.41, 5.74) is 2.69. The minimum atomic E-state index is 0. The SMILES string of the molecule is CCNC(=NCc1cn2ccsc2n1)NCC1(c2ccccc2)CC1.I. The van der Waals surface area contributed by atoms with Gasteiger partial charge in [0, 0.05) is 36.3 Å². The fourth-order valence-corrected chi connectivity index (χ4v) is 3.84. The first-order chi connectivity index (χ1) is 12.3. The van der Waals surface area contributed by atoms with Gasteiger partial charge in [-0.05, 0) is 25.3 Å².